The van der Waals surface area contributed by atoms with Crippen LogP contribution in [0.15, 0.2) is 48.5 Å². The zero-order chi connectivity index (χ0) is 20.9. The Morgan fingerprint density at radius 1 is 1.04 bits per heavy atom. The van der Waals surface area contributed by atoms with E-state index in [9.17, 15) is 9.59 Å². The van der Waals surface area contributed by atoms with E-state index in [1.165, 1.54) is 0 Å². The maximum Gasteiger partial charge on any atom is 0.251 e. The van der Waals surface area contributed by atoms with Crippen LogP contribution in [-0.2, 0) is 10.2 Å². The van der Waals surface area contributed by atoms with Crippen molar-refractivity contribution in [2.45, 2.75) is 46.1 Å². The van der Waals surface area contributed by atoms with Crippen molar-refractivity contribution in [1.82, 2.24) is 5.32 Å². The van der Waals surface area contributed by atoms with Crippen LogP contribution in [0.5, 0.6) is 0 Å². The first-order valence-electron chi connectivity index (χ1n) is 9.34. The molecule has 146 valence electrons. The summed E-state index contributed by atoms with van der Waals surface area (Å²) in [6.07, 6.45) is 0. The van der Waals surface area contributed by atoms with Gasteiger partial charge in [0.1, 0.15) is 6.04 Å². The highest BCUT2D eigenvalue weighted by molar-refractivity contribution is 6.01. The standard InChI is InChI=1S/C23H27N3O2/c1-15(2)20(22(28)25-19-8-6-7-16(13-19)14-24)26-21(27)17-9-11-18(12-10-17)23(3,4)5/h6-13,15,20H,1-5H3,(H,25,28)(H,26,27). The fraction of sp³-hybridized carbons (Fsp3) is 0.348. The third-order valence-corrected chi connectivity index (χ3v) is 4.51. The molecule has 0 saturated carbocycles. The van der Waals surface area contributed by atoms with Gasteiger partial charge in [-0.3, -0.25) is 9.59 Å². The molecule has 0 bridgehead atoms. The lowest BCUT2D eigenvalue weighted by atomic mass is 9.86. The number of rotatable bonds is 5. The lowest BCUT2D eigenvalue weighted by Gasteiger charge is -2.22. The van der Waals surface area contributed by atoms with E-state index >= 15 is 0 Å². The van der Waals surface area contributed by atoms with E-state index in [4.69, 9.17) is 5.26 Å². The quantitative estimate of drug-likeness (QED) is 0.817. The number of nitriles is 1. The van der Waals surface area contributed by atoms with Gasteiger partial charge in [-0.1, -0.05) is 52.8 Å². The van der Waals surface area contributed by atoms with E-state index in [2.05, 4.69) is 31.4 Å². The number of amides is 2. The third kappa shape index (κ3) is 5.43. The van der Waals surface area contributed by atoms with Gasteiger partial charge in [0.2, 0.25) is 5.91 Å². The number of anilines is 1. The number of hydrogen-bond donors (Lipinski definition) is 2. The second-order valence-corrected chi connectivity index (χ2v) is 8.20. The Balaban J connectivity index is 2.12. The molecule has 0 aliphatic heterocycles. The molecule has 28 heavy (non-hydrogen) atoms. The molecule has 2 amide bonds. The summed E-state index contributed by atoms with van der Waals surface area (Å²) in [6, 6.07) is 15.5. The van der Waals surface area contributed by atoms with Gasteiger partial charge in [0.25, 0.3) is 5.91 Å². The van der Waals surface area contributed by atoms with Crippen molar-refractivity contribution in [3.8, 4) is 6.07 Å². The van der Waals surface area contributed by atoms with Gasteiger partial charge in [0.05, 0.1) is 11.6 Å². The normalized spacial score (nSPS) is 12.2. The molecule has 0 aromatic heterocycles. The van der Waals surface area contributed by atoms with Crippen molar-refractivity contribution in [3.05, 3.63) is 65.2 Å². The summed E-state index contributed by atoms with van der Waals surface area (Å²) in [5.41, 5.74) is 2.64. The van der Waals surface area contributed by atoms with Gasteiger partial charge in [0.15, 0.2) is 0 Å². The molecule has 2 N–H and O–H groups in total. The molecule has 2 aromatic rings. The number of carbonyl (C=O) groups is 2. The van der Waals surface area contributed by atoms with E-state index in [0.717, 1.165) is 5.56 Å². The average molecular weight is 377 g/mol. The Morgan fingerprint density at radius 3 is 2.21 bits per heavy atom. The summed E-state index contributed by atoms with van der Waals surface area (Å²) >= 11 is 0. The molecule has 0 aliphatic rings. The first kappa shape index (κ1) is 21.2. The molecule has 5 heteroatoms. The van der Waals surface area contributed by atoms with E-state index < -0.39 is 6.04 Å². The molecular weight excluding hydrogens is 350 g/mol. The Morgan fingerprint density at radius 2 is 1.68 bits per heavy atom. The molecule has 1 atom stereocenters. The molecule has 0 fully saturated rings. The van der Waals surface area contributed by atoms with Crippen LogP contribution in [0.25, 0.3) is 0 Å². The number of nitrogens with one attached hydrogen (secondary N) is 2. The van der Waals surface area contributed by atoms with E-state index in [-0.39, 0.29) is 23.1 Å². The van der Waals surface area contributed by atoms with Gasteiger partial charge in [-0.15, -0.1) is 0 Å². The zero-order valence-electron chi connectivity index (χ0n) is 17.0. The lowest BCUT2D eigenvalue weighted by molar-refractivity contribution is -0.118. The van der Waals surface area contributed by atoms with Crippen LogP contribution in [-0.4, -0.2) is 17.9 Å². The van der Waals surface area contributed by atoms with Crippen LogP contribution >= 0.6 is 0 Å². The summed E-state index contributed by atoms with van der Waals surface area (Å²) in [5.74, 6) is -0.707. The third-order valence-electron chi connectivity index (χ3n) is 4.51. The second-order valence-electron chi connectivity index (χ2n) is 8.20. The fourth-order valence-corrected chi connectivity index (χ4v) is 2.77. The van der Waals surface area contributed by atoms with Crippen molar-refractivity contribution in [1.29, 1.82) is 5.26 Å². The van der Waals surface area contributed by atoms with Crippen LogP contribution in [0.3, 0.4) is 0 Å². The first-order chi connectivity index (χ1) is 13.1. The minimum Gasteiger partial charge on any atom is -0.340 e. The molecule has 1 unspecified atom stereocenters. The first-order valence-corrected chi connectivity index (χ1v) is 9.34. The molecular formula is C23H27N3O2. The topological polar surface area (TPSA) is 82.0 Å². The number of carbonyl (C=O) groups excluding carboxylic acids is 2. The minimum absolute atomic E-state index is 0.00727. The maximum atomic E-state index is 12.7. The zero-order valence-corrected chi connectivity index (χ0v) is 17.0. The summed E-state index contributed by atoms with van der Waals surface area (Å²) in [4.78, 5) is 25.3. The molecule has 0 spiro atoms. The highest BCUT2D eigenvalue weighted by Gasteiger charge is 2.25. The molecule has 0 aliphatic carbocycles. The molecule has 0 heterocycles. The van der Waals surface area contributed by atoms with Crippen LogP contribution in [0.4, 0.5) is 5.69 Å². The smallest absolute Gasteiger partial charge is 0.251 e. The van der Waals surface area contributed by atoms with Gasteiger partial charge < -0.3 is 10.6 Å². The fourth-order valence-electron chi connectivity index (χ4n) is 2.77. The highest BCUT2D eigenvalue weighted by atomic mass is 16.2. The SMILES string of the molecule is CC(C)C(NC(=O)c1ccc(C(C)(C)C)cc1)C(=O)Nc1cccc(C#N)c1. The Hall–Kier alpha value is -3.13. The largest absolute Gasteiger partial charge is 0.340 e. The van der Waals surface area contributed by atoms with Gasteiger partial charge in [-0.2, -0.15) is 5.26 Å². The van der Waals surface area contributed by atoms with E-state index in [0.29, 0.717) is 16.8 Å². The predicted molar refractivity (Wildman–Crippen MR) is 111 cm³/mol. The van der Waals surface area contributed by atoms with Crippen molar-refractivity contribution in [2.75, 3.05) is 5.32 Å². The van der Waals surface area contributed by atoms with Gasteiger partial charge >= 0.3 is 0 Å². The summed E-state index contributed by atoms with van der Waals surface area (Å²) in [6.45, 7) is 10.1. The van der Waals surface area contributed by atoms with Crippen LogP contribution in [0.2, 0.25) is 0 Å². The van der Waals surface area contributed by atoms with E-state index in [1.807, 2.05) is 32.0 Å². The molecule has 5 nitrogen and oxygen atoms in total. The molecule has 2 rings (SSSR count). The van der Waals surface area contributed by atoms with Gasteiger partial charge in [-0.25, -0.2) is 0 Å². The van der Waals surface area contributed by atoms with Gasteiger partial charge in [0, 0.05) is 11.3 Å². The maximum absolute atomic E-state index is 12.7. The monoisotopic (exact) mass is 377 g/mol. The molecule has 0 saturated heterocycles. The summed E-state index contributed by atoms with van der Waals surface area (Å²) in [5, 5.41) is 14.6. The molecule has 2 aromatic carbocycles. The Kier molecular flexibility index (Phi) is 6.58. The van der Waals surface area contributed by atoms with E-state index in [1.54, 1.807) is 36.4 Å². The second kappa shape index (κ2) is 8.71. The van der Waals surface area contributed by atoms with Crippen LogP contribution < -0.4 is 10.6 Å². The minimum atomic E-state index is -0.694. The number of nitrogens with zero attached hydrogens (tertiary/aromatic N) is 1. The van der Waals surface area contributed by atoms with Crippen molar-refractivity contribution in [2.24, 2.45) is 5.92 Å². The summed E-state index contributed by atoms with van der Waals surface area (Å²) in [7, 11) is 0. The Labute approximate surface area is 166 Å². The van der Waals surface area contributed by atoms with Crippen LogP contribution in [0.1, 0.15) is 56.1 Å². The predicted octanol–water partition coefficient (Wildman–Crippen LogP) is 4.25. The highest BCUT2D eigenvalue weighted by Crippen LogP contribution is 2.22. The van der Waals surface area contributed by atoms with Crippen molar-refractivity contribution in [3.63, 3.8) is 0 Å². The summed E-state index contributed by atoms with van der Waals surface area (Å²) < 4.78 is 0. The number of hydrogen-bond acceptors (Lipinski definition) is 3. The lowest BCUT2D eigenvalue weighted by Crippen LogP contribution is -2.47. The number of benzene rings is 2. The van der Waals surface area contributed by atoms with Crippen molar-refractivity contribution >= 4 is 17.5 Å². The van der Waals surface area contributed by atoms with Gasteiger partial charge in [-0.05, 0) is 47.2 Å². The van der Waals surface area contributed by atoms with Crippen LogP contribution in [0, 0.1) is 17.2 Å². The average Bonchev–Trinajstić information content (AvgIpc) is 2.65. The van der Waals surface area contributed by atoms with Crippen molar-refractivity contribution < 1.29 is 9.59 Å². The molecule has 0 radical (unpaired) electrons. The Bertz CT molecular complexity index is 887.